The minimum absolute atomic E-state index is 0.00474. The van der Waals surface area contributed by atoms with Crippen molar-refractivity contribution < 1.29 is 9.47 Å². The molecule has 5 heteroatoms. The topological polar surface area (TPSA) is 66.5 Å². The molecule has 5 nitrogen and oxygen atoms in total. The molecule has 0 bridgehead atoms. The summed E-state index contributed by atoms with van der Waals surface area (Å²) in [5.74, 6) is 0. The molecule has 100 valence electrons. The number of nitrogens with two attached hydrogens (primary N) is 1. The number of rotatable bonds is 5. The fraction of sp³-hybridized carbons (Fsp3) is 0.615. The van der Waals surface area contributed by atoms with Gasteiger partial charge in [0.05, 0.1) is 12.2 Å². The Balaban J connectivity index is 1.87. The molecule has 0 spiro atoms. The fourth-order valence-corrected chi connectivity index (χ4v) is 2.16. The molecule has 1 aliphatic heterocycles. The van der Waals surface area contributed by atoms with Crippen LogP contribution in [0.25, 0.3) is 0 Å². The molecule has 0 unspecified atom stereocenters. The normalized spacial score (nSPS) is 18.7. The van der Waals surface area contributed by atoms with Crippen molar-refractivity contribution in [1.82, 2.24) is 4.57 Å². The van der Waals surface area contributed by atoms with Crippen molar-refractivity contribution in [3.8, 4) is 0 Å². The van der Waals surface area contributed by atoms with Crippen molar-refractivity contribution >= 4 is 0 Å². The van der Waals surface area contributed by atoms with Crippen molar-refractivity contribution in [1.29, 1.82) is 0 Å². The lowest BCUT2D eigenvalue weighted by Gasteiger charge is -2.36. The van der Waals surface area contributed by atoms with Gasteiger partial charge >= 0.3 is 0 Å². The average molecular weight is 252 g/mol. The van der Waals surface area contributed by atoms with Gasteiger partial charge in [-0.05, 0) is 6.07 Å². The van der Waals surface area contributed by atoms with E-state index in [9.17, 15) is 4.79 Å². The van der Waals surface area contributed by atoms with Gasteiger partial charge in [-0.15, -0.1) is 0 Å². The monoisotopic (exact) mass is 252 g/mol. The maximum atomic E-state index is 11.5. The standard InChI is InChI=1S/C13H20N2O3/c14-11-13(4-8-17-9-5-13)18-10-7-15-6-2-1-3-12(15)16/h1-3,6H,4-5,7-11,14H2. The Morgan fingerprint density at radius 1 is 1.39 bits per heavy atom. The van der Waals surface area contributed by atoms with Crippen molar-refractivity contribution in [3.63, 3.8) is 0 Å². The van der Waals surface area contributed by atoms with Crippen LogP contribution in [0.1, 0.15) is 12.8 Å². The van der Waals surface area contributed by atoms with Crippen molar-refractivity contribution in [3.05, 3.63) is 34.7 Å². The average Bonchev–Trinajstić information content (AvgIpc) is 2.42. The summed E-state index contributed by atoms with van der Waals surface area (Å²) in [7, 11) is 0. The maximum Gasteiger partial charge on any atom is 0.250 e. The predicted molar refractivity (Wildman–Crippen MR) is 68.5 cm³/mol. The highest BCUT2D eigenvalue weighted by Crippen LogP contribution is 2.23. The number of pyridine rings is 1. The summed E-state index contributed by atoms with van der Waals surface area (Å²) in [5.41, 5.74) is 5.53. The smallest absolute Gasteiger partial charge is 0.250 e. The van der Waals surface area contributed by atoms with Crippen LogP contribution in [-0.2, 0) is 16.0 Å². The summed E-state index contributed by atoms with van der Waals surface area (Å²) in [6, 6.07) is 5.13. The Bertz CT molecular complexity index is 424. The lowest BCUT2D eigenvalue weighted by atomic mass is 9.94. The van der Waals surface area contributed by atoms with Gasteiger partial charge in [-0.1, -0.05) is 6.07 Å². The largest absolute Gasteiger partial charge is 0.381 e. The van der Waals surface area contributed by atoms with E-state index < -0.39 is 0 Å². The molecule has 2 heterocycles. The third-order valence-electron chi connectivity index (χ3n) is 3.42. The van der Waals surface area contributed by atoms with Gasteiger partial charge in [-0.3, -0.25) is 4.79 Å². The van der Waals surface area contributed by atoms with Crippen LogP contribution < -0.4 is 11.3 Å². The van der Waals surface area contributed by atoms with Gasteiger partial charge in [0.2, 0.25) is 0 Å². The quantitative estimate of drug-likeness (QED) is 0.822. The zero-order chi connectivity index (χ0) is 12.8. The van der Waals surface area contributed by atoms with Crippen LogP contribution in [0.2, 0.25) is 0 Å². The summed E-state index contributed by atoms with van der Waals surface area (Å²) < 4.78 is 12.9. The van der Waals surface area contributed by atoms with Gasteiger partial charge in [-0.25, -0.2) is 0 Å². The zero-order valence-corrected chi connectivity index (χ0v) is 10.5. The molecule has 18 heavy (non-hydrogen) atoms. The Hall–Kier alpha value is -1.17. The minimum atomic E-state index is -0.267. The van der Waals surface area contributed by atoms with Gasteiger partial charge in [0.15, 0.2) is 0 Å². The highest BCUT2D eigenvalue weighted by atomic mass is 16.5. The lowest BCUT2D eigenvalue weighted by molar-refractivity contribution is -0.106. The summed E-state index contributed by atoms with van der Waals surface area (Å²) in [5, 5.41) is 0. The van der Waals surface area contributed by atoms with Gasteiger partial charge in [-0.2, -0.15) is 0 Å². The first kappa shape index (κ1) is 13.3. The molecule has 1 fully saturated rings. The van der Waals surface area contributed by atoms with E-state index >= 15 is 0 Å². The first-order valence-corrected chi connectivity index (χ1v) is 6.33. The highest BCUT2D eigenvalue weighted by Gasteiger charge is 2.31. The second kappa shape index (κ2) is 6.13. The molecule has 0 aromatic carbocycles. The summed E-state index contributed by atoms with van der Waals surface area (Å²) >= 11 is 0. The van der Waals surface area contributed by atoms with Gasteiger partial charge < -0.3 is 19.8 Å². The van der Waals surface area contributed by atoms with Crippen molar-refractivity contribution in [2.75, 3.05) is 26.4 Å². The Labute approximate surface area is 107 Å². The van der Waals surface area contributed by atoms with Gasteiger partial charge in [0.25, 0.3) is 5.56 Å². The Morgan fingerprint density at radius 2 is 2.17 bits per heavy atom. The molecule has 0 amide bonds. The first-order chi connectivity index (χ1) is 8.76. The summed E-state index contributed by atoms with van der Waals surface area (Å²) in [6.45, 7) is 2.95. The second-order valence-corrected chi connectivity index (χ2v) is 4.58. The molecular formula is C13H20N2O3. The van der Waals surface area contributed by atoms with E-state index in [-0.39, 0.29) is 11.2 Å². The zero-order valence-electron chi connectivity index (χ0n) is 10.5. The fourth-order valence-electron chi connectivity index (χ4n) is 2.16. The molecule has 0 radical (unpaired) electrons. The number of hydrogen-bond donors (Lipinski definition) is 1. The van der Waals surface area contributed by atoms with Crippen LogP contribution in [0.5, 0.6) is 0 Å². The molecule has 0 saturated carbocycles. The number of nitrogens with zero attached hydrogens (tertiary/aromatic N) is 1. The number of hydrogen-bond acceptors (Lipinski definition) is 4. The van der Waals surface area contributed by atoms with Crippen LogP contribution in [0.15, 0.2) is 29.2 Å². The molecule has 0 aliphatic carbocycles. The van der Waals surface area contributed by atoms with Crippen molar-refractivity contribution in [2.24, 2.45) is 5.73 Å². The van der Waals surface area contributed by atoms with E-state index in [0.717, 1.165) is 12.8 Å². The highest BCUT2D eigenvalue weighted by molar-refractivity contribution is 4.93. The maximum absolute atomic E-state index is 11.5. The second-order valence-electron chi connectivity index (χ2n) is 4.58. The Morgan fingerprint density at radius 3 is 2.83 bits per heavy atom. The van der Waals surface area contributed by atoms with Crippen LogP contribution >= 0.6 is 0 Å². The summed E-state index contributed by atoms with van der Waals surface area (Å²) in [4.78, 5) is 11.5. The third kappa shape index (κ3) is 3.19. The van der Waals surface area contributed by atoms with Gasteiger partial charge in [0.1, 0.15) is 0 Å². The molecule has 1 saturated heterocycles. The molecule has 0 atom stereocenters. The van der Waals surface area contributed by atoms with Crippen LogP contribution in [-0.4, -0.2) is 36.5 Å². The molecule has 2 N–H and O–H groups in total. The van der Waals surface area contributed by atoms with Crippen LogP contribution in [0.4, 0.5) is 0 Å². The van der Waals surface area contributed by atoms with E-state index in [1.165, 1.54) is 0 Å². The molecular weight excluding hydrogens is 232 g/mol. The molecule has 1 aliphatic rings. The van der Waals surface area contributed by atoms with Crippen molar-refractivity contribution in [2.45, 2.75) is 25.0 Å². The van der Waals surface area contributed by atoms with Gasteiger partial charge in [0, 0.05) is 51.4 Å². The Kier molecular flexibility index (Phi) is 4.52. The number of aromatic nitrogens is 1. The van der Waals surface area contributed by atoms with Crippen LogP contribution in [0, 0.1) is 0 Å². The molecule has 2 rings (SSSR count). The van der Waals surface area contributed by atoms with E-state index in [4.69, 9.17) is 15.2 Å². The first-order valence-electron chi connectivity index (χ1n) is 6.33. The van der Waals surface area contributed by atoms with E-state index in [1.807, 2.05) is 6.07 Å². The predicted octanol–water partition coefficient (Wildman–Crippen LogP) is 0.373. The van der Waals surface area contributed by atoms with E-state index in [0.29, 0.717) is 32.9 Å². The minimum Gasteiger partial charge on any atom is -0.381 e. The lowest BCUT2D eigenvalue weighted by Crippen LogP contribution is -2.46. The van der Waals surface area contributed by atoms with E-state index in [2.05, 4.69) is 0 Å². The summed E-state index contributed by atoms with van der Waals surface area (Å²) in [6.07, 6.45) is 3.42. The SMILES string of the molecule is NCC1(OCCn2ccccc2=O)CCOCC1. The third-order valence-corrected chi connectivity index (χ3v) is 3.42. The molecule has 1 aromatic rings. The molecule has 1 aromatic heterocycles. The van der Waals surface area contributed by atoms with Crippen LogP contribution in [0.3, 0.4) is 0 Å². The van der Waals surface area contributed by atoms with E-state index in [1.54, 1.807) is 22.9 Å². The number of ether oxygens (including phenoxy) is 2.